The second-order valence-corrected chi connectivity index (χ2v) is 4.88. The number of hydrogen-bond acceptors (Lipinski definition) is 3. The van der Waals surface area contributed by atoms with E-state index in [2.05, 4.69) is 36.1 Å². The zero-order valence-corrected chi connectivity index (χ0v) is 12.4. The molecule has 0 saturated heterocycles. The minimum Gasteiger partial charge on any atom is -0.383 e. The molecule has 1 unspecified atom stereocenters. The molecule has 0 spiro atoms. The van der Waals surface area contributed by atoms with Gasteiger partial charge in [-0.25, -0.2) is 0 Å². The largest absolute Gasteiger partial charge is 0.383 e. The van der Waals surface area contributed by atoms with Crippen LogP contribution in [0.25, 0.3) is 0 Å². The van der Waals surface area contributed by atoms with Crippen molar-refractivity contribution in [3.63, 3.8) is 0 Å². The number of methoxy groups -OCH3 is 1. The number of aromatic nitrogens is 2. The first-order valence-electron chi connectivity index (χ1n) is 6.52. The molecule has 0 amide bonds. The van der Waals surface area contributed by atoms with Crippen LogP contribution in [0.5, 0.6) is 0 Å². The van der Waals surface area contributed by atoms with Crippen LogP contribution >= 0.6 is 11.6 Å². The lowest BCUT2D eigenvalue weighted by molar-refractivity contribution is 0.147. The van der Waals surface area contributed by atoms with Crippen LogP contribution in [0.15, 0.2) is 12.3 Å². The van der Waals surface area contributed by atoms with E-state index in [1.54, 1.807) is 7.11 Å². The maximum atomic E-state index is 5.81. The fraction of sp³-hybridized carbons (Fsp3) is 0.769. The van der Waals surface area contributed by atoms with Crippen LogP contribution in [-0.4, -0.2) is 47.4 Å². The second kappa shape index (κ2) is 8.51. The average Bonchev–Trinajstić information content (AvgIpc) is 2.83. The molecule has 0 aliphatic heterocycles. The molecule has 1 aromatic heterocycles. The van der Waals surface area contributed by atoms with E-state index in [9.17, 15) is 0 Å². The molecule has 104 valence electrons. The van der Waals surface area contributed by atoms with E-state index in [1.807, 2.05) is 4.68 Å². The molecule has 1 atom stereocenters. The van der Waals surface area contributed by atoms with Gasteiger partial charge in [-0.2, -0.15) is 5.10 Å². The lowest BCUT2D eigenvalue weighted by Gasteiger charge is -2.19. The van der Waals surface area contributed by atoms with Crippen molar-refractivity contribution in [2.75, 3.05) is 32.7 Å². The molecule has 0 N–H and O–H groups in total. The van der Waals surface area contributed by atoms with Gasteiger partial charge in [0.15, 0.2) is 0 Å². The first-order valence-corrected chi connectivity index (χ1v) is 7.06. The highest BCUT2D eigenvalue weighted by Gasteiger charge is 2.09. The van der Waals surface area contributed by atoms with Gasteiger partial charge >= 0.3 is 0 Å². The summed E-state index contributed by atoms with van der Waals surface area (Å²) in [6.07, 6.45) is 3.15. The lowest BCUT2D eigenvalue weighted by Crippen LogP contribution is -2.29. The molecule has 0 aliphatic rings. The lowest BCUT2D eigenvalue weighted by atomic mass is 10.3. The Kier molecular flexibility index (Phi) is 7.32. The highest BCUT2D eigenvalue weighted by molar-refractivity contribution is 6.18. The molecule has 4 nitrogen and oxygen atoms in total. The van der Waals surface area contributed by atoms with Crippen LogP contribution in [0.1, 0.15) is 32.0 Å². The maximum Gasteiger partial charge on any atom is 0.0764 e. The Labute approximate surface area is 115 Å². The molecule has 0 fully saturated rings. The smallest absolute Gasteiger partial charge is 0.0764 e. The molecule has 5 heteroatoms. The first kappa shape index (κ1) is 15.5. The van der Waals surface area contributed by atoms with E-state index in [4.69, 9.17) is 16.3 Å². The monoisotopic (exact) mass is 273 g/mol. The fourth-order valence-corrected chi connectivity index (χ4v) is 1.97. The Morgan fingerprint density at radius 2 is 2.28 bits per heavy atom. The third kappa shape index (κ3) is 4.96. The van der Waals surface area contributed by atoms with E-state index >= 15 is 0 Å². The maximum absolute atomic E-state index is 5.81. The molecule has 0 bridgehead atoms. The summed E-state index contributed by atoms with van der Waals surface area (Å²) in [5.41, 5.74) is 1.09. The summed E-state index contributed by atoms with van der Waals surface area (Å²) in [6, 6.07) is 2.54. The molecule has 0 saturated carbocycles. The molecule has 0 aliphatic carbocycles. The van der Waals surface area contributed by atoms with Gasteiger partial charge in [0.25, 0.3) is 0 Å². The Bertz CT molecular complexity index is 330. The van der Waals surface area contributed by atoms with Crippen molar-refractivity contribution < 1.29 is 4.74 Å². The minimum atomic E-state index is 0.458. The molecular weight excluding hydrogens is 250 g/mol. The van der Waals surface area contributed by atoms with Gasteiger partial charge in [0.1, 0.15) is 0 Å². The zero-order valence-electron chi connectivity index (χ0n) is 11.6. The van der Waals surface area contributed by atoms with Gasteiger partial charge in [-0.3, -0.25) is 9.58 Å². The first-order chi connectivity index (χ1) is 8.71. The Hall–Kier alpha value is -0.580. The molecule has 18 heavy (non-hydrogen) atoms. The van der Waals surface area contributed by atoms with Gasteiger partial charge < -0.3 is 4.74 Å². The molecule has 1 aromatic rings. The van der Waals surface area contributed by atoms with Crippen molar-refractivity contribution in [3.05, 3.63) is 18.0 Å². The van der Waals surface area contributed by atoms with Crippen LogP contribution in [0, 0.1) is 0 Å². The third-order valence-corrected chi connectivity index (χ3v) is 3.27. The molecule has 1 heterocycles. The summed E-state index contributed by atoms with van der Waals surface area (Å²) in [7, 11) is 1.72. The van der Waals surface area contributed by atoms with Gasteiger partial charge in [-0.1, -0.05) is 6.92 Å². The van der Waals surface area contributed by atoms with Crippen molar-refractivity contribution in [2.45, 2.75) is 32.9 Å². The van der Waals surface area contributed by atoms with Crippen LogP contribution < -0.4 is 0 Å². The topological polar surface area (TPSA) is 30.3 Å². The summed E-state index contributed by atoms with van der Waals surface area (Å²) in [6.45, 7) is 7.66. The van der Waals surface area contributed by atoms with Gasteiger partial charge in [-0.15, -0.1) is 11.6 Å². The number of rotatable bonds is 9. The van der Waals surface area contributed by atoms with Gasteiger partial charge in [0, 0.05) is 44.9 Å². The van der Waals surface area contributed by atoms with Gasteiger partial charge in [0.2, 0.25) is 0 Å². The van der Waals surface area contributed by atoms with Crippen molar-refractivity contribution in [1.29, 1.82) is 0 Å². The van der Waals surface area contributed by atoms with Crippen LogP contribution in [0.4, 0.5) is 0 Å². The summed E-state index contributed by atoms with van der Waals surface area (Å²) < 4.78 is 7.14. The Morgan fingerprint density at radius 1 is 1.50 bits per heavy atom. The minimum absolute atomic E-state index is 0.458. The van der Waals surface area contributed by atoms with E-state index in [0.717, 1.165) is 38.4 Å². The zero-order chi connectivity index (χ0) is 13.4. The van der Waals surface area contributed by atoms with Crippen molar-refractivity contribution in [2.24, 2.45) is 0 Å². The number of hydrogen-bond donors (Lipinski definition) is 0. The number of alkyl halides is 1. The van der Waals surface area contributed by atoms with Crippen LogP contribution in [0.3, 0.4) is 0 Å². The summed E-state index contributed by atoms with van der Waals surface area (Å²) in [4.78, 5) is 2.26. The Morgan fingerprint density at radius 3 is 2.89 bits per heavy atom. The number of halogens is 1. The predicted molar refractivity (Wildman–Crippen MR) is 75.1 cm³/mol. The van der Waals surface area contributed by atoms with Crippen LogP contribution in [0.2, 0.25) is 0 Å². The molecule has 1 rings (SSSR count). The predicted octanol–water partition coefficient (Wildman–Crippen LogP) is 2.54. The van der Waals surface area contributed by atoms with E-state index in [-0.39, 0.29) is 0 Å². The fourth-order valence-electron chi connectivity index (χ4n) is 1.73. The van der Waals surface area contributed by atoms with Crippen molar-refractivity contribution in [1.82, 2.24) is 14.7 Å². The Balaban J connectivity index is 2.54. The summed E-state index contributed by atoms with van der Waals surface area (Å²) in [5.74, 6) is 0.635. The van der Waals surface area contributed by atoms with Crippen LogP contribution in [-0.2, 0) is 11.3 Å². The van der Waals surface area contributed by atoms with E-state index < -0.39 is 0 Å². The van der Waals surface area contributed by atoms with E-state index in [0.29, 0.717) is 11.9 Å². The molecule has 0 aromatic carbocycles. The summed E-state index contributed by atoms with van der Waals surface area (Å²) >= 11 is 5.81. The second-order valence-electron chi connectivity index (χ2n) is 4.50. The molecule has 0 radical (unpaired) electrons. The van der Waals surface area contributed by atoms with Crippen molar-refractivity contribution in [3.8, 4) is 0 Å². The standard InChI is InChI=1S/C13H24ClN3O/c1-4-12(2)17-7-5-13(15-17)11-16(8-6-14)9-10-18-3/h5,7,12H,4,6,8-11H2,1-3H3. The highest BCUT2D eigenvalue weighted by atomic mass is 35.5. The third-order valence-electron chi connectivity index (χ3n) is 3.10. The average molecular weight is 274 g/mol. The molecular formula is C13H24ClN3O. The van der Waals surface area contributed by atoms with Crippen molar-refractivity contribution >= 4 is 11.6 Å². The van der Waals surface area contributed by atoms with Gasteiger partial charge in [-0.05, 0) is 19.4 Å². The number of nitrogens with zero attached hydrogens (tertiary/aromatic N) is 3. The summed E-state index contributed by atoms with van der Waals surface area (Å²) in [5, 5.41) is 4.60. The quantitative estimate of drug-likeness (QED) is 0.648. The number of ether oxygens (including phenoxy) is 1. The highest BCUT2D eigenvalue weighted by Crippen LogP contribution is 2.10. The normalized spacial score (nSPS) is 13.2. The van der Waals surface area contributed by atoms with E-state index in [1.165, 1.54) is 0 Å². The SMILES string of the molecule is CCC(C)n1ccc(CN(CCCl)CCOC)n1. The van der Waals surface area contributed by atoms with Gasteiger partial charge in [0.05, 0.1) is 12.3 Å².